The largest absolute Gasteiger partial charge is 0.492 e. The average molecular weight is 453 g/mol. The van der Waals surface area contributed by atoms with Crippen LogP contribution in [0.4, 0.5) is 5.69 Å². The molecule has 9 heteroatoms. The van der Waals surface area contributed by atoms with Crippen LogP contribution in [0.25, 0.3) is 0 Å². The number of carbonyl (C=O) groups is 1. The molecule has 1 spiro atoms. The molecule has 3 heterocycles. The van der Waals surface area contributed by atoms with Gasteiger partial charge in [-0.2, -0.15) is 5.26 Å². The van der Waals surface area contributed by atoms with Crippen molar-refractivity contribution >= 4 is 21.6 Å². The van der Waals surface area contributed by atoms with E-state index in [0.717, 1.165) is 36.4 Å². The van der Waals surface area contributed by atoms with Crippen molar-refractivity contribution in [2.24, 2.45) is 0 Å². The van der Waals surface area contributed by atoms with Crippen LogP contribution in [-0.2, 0) is 26.7 Å². The van der Waals surface area contributed by atoms with E-state index in [-0.39, 0.29) is 5.91 Å². The van der Waals surface area contributed by atoms with E-state index in [4.69, 9.17) is 4.74 Å². The Morgan fingerprint density at radius 1 is 1.16 bits per heavy atom. The Bertz CT molecular complexity index is 1230. The lowest BCUT2D eigenvalue weighted by atomic mass is 9.73. The van der Waals surface area contributed by atoms with Crippen molar-refractivity contribution in [2.75, 3.05) is 38.1 Å². The van der Waals surface area contributed by atoms with E-state index in [1.165, 1.54) is 0 Å². The minimum Gasteiger partial charge on any atom is -0.492 e. The lowest BCUT2D eigenvalue weighted by Crippen LogP contribution is -2.47. The molecule has 3 aliphatic rings. The van der Waals surface area contributed by atoms with Gasteiger partial charge in [0.2, 0.25) is 15.9 Å². The van der Waals surface area contributed by atoms with E-state index in [2.05, 4.69) is 21.0 Å². The number of nitrogens with zero attached hydrogens (tertiary/aromatic N) is 2. The molecule has 1 fully saturated rings. The summed E-state index contributed by atoms with van der Waals surface area (Å²) in [6.07, 6.45) is 2.05. The van der Waals surface area contributed by atoms with Crippen molar-refractivity contribution in [2.45, 2.75) is 29.6 Å². The van der Waals surface area contributed by atoms with Gasteiger partial charge in [-0.3, -0.25) is 9.69 Å². The molecule has 2 aromatic carbocycles. The monoisotopic (exact) mass is 452 g/mol. The van der Waals surface area contributed by atoms with Gasteiger partial charge >= 0.3 is 0 Å². The molecule has 1 saturated heterocycles. The van der Waals surface area contributed by atoms with Crippen LogP contribution in [0.1, 0.15) is 29.5 Å². The number of rotatable bonds is 4. The number of hydrogen-bond acceptors (Lipinski definition) is 6. The Kier molecular flexibility index (Phi) is 5.16. The van der Waals surface area contributed by atoms with Crippen molar-refractivity contribution in [1.29, 1.82) is 5.26 Å². The van der Waals surface area contributed by atoms with Gasteiger partial charge in [-0.05, 0) is 79.9 Å². The first-order valence-corrected chi connectivity index (χ1v) is 12.2. The first kappa shape index (κ1) is 20.9. The Balaban J connectivity index is 1.19. The lowest BCUT2D eigenvalue weighted by Gasteiger charge is -2.38. The molecule has 32 heavy (non-hydrogen) atoms. The third-order valence-electron chi connectivity index (χ3n) is 6.74. The maximum atomic E-state index is 12.8. The first-order valence-electron chi connectivity index (χ1n) is 10.8. The van der Waals surface area contributed by atoms with Gasteiger partial charge in [0.05, 0.1) is 21.9 Å². The number of fused-ring (bicyclic) bond motifs is 3. The number of sulfonamides is 1. The standard InChI is InChI=1S/C23H24N4O4S/c24-15-16-1-3-20-19(13-16)23(22(28)26-20)6-9-27(10-7-23)11-12-31-18-2-4-21-17(14-18)5-8-25-32(21,29)30/h1-4,13-14,25H,5-12H2,(H,26,28). The second-order valence-electron chi connectivity index (χ2n) is 8.52. The van der Waals surface area contributed by atoms with Gasteiger partial charge in [0, 0.05) is 18.8 Å². The summed E-state index contributed by atoms with van der Waals surface area (Å²) in [6, 6.07) is 12.7. The number of benzene rings is 2. The van der Waals surface area contributed by atoms with E-state index >= 15 is 0 Å². The zero-order chi connectivity index (χ0) is 22.3. The molecule has 166 valence electrons. The molecule has 2 N–H and O–H groups in total. The summed E-state index contributed by atoms with van der Waals surface area (Å²) < 4.78 is 32.5. The summed E-state index contributed by atoms with van der Waals surface area (Å²) in [6.45, 7) is 3.14. The summed E-state index contributed by atoms with van der Waals surface area (Å²) in [5, 5.41) is 12.2. The third-order valence-corrected chi connectivity index (χ3v) is 8.30. The molecule has 1 amide bonds. The van der Waals surface area contributed by atoms with Crippen LogP contribution in [0.5, 0.6) is 5.75 Å². The zero-order valence-electron chi connectivity index (χ0n) is 17.6. The molecule has 0 saturated carbocycles. The summed E-state index contributed by atoms with van der Waals surface area (Å²) >= 11 is 0. The van der Waals surface area contributed by atoms with Crippen LogP contribution < -0.4 is 14.8 Å². The number of piperidine rings is 1. The zero-order valence-corrected chi connectivity index (χ0v) is 18.4. The Morgan fingerprint density at radius 3 is 2.75 bits per heavy atom. The number of amides is 1. The maximum absolute atomic E-state index is 12.8. The average Bonchev–Trinajstić information content (AvgIpc) is 3.05. The van der Waals surface area contributed by atoms with Crippen LogP contribution in [0.3, 0.4) is 0 Å². The van der Waals surface area contributed by atoms with Crippen LogP contribution in [0, 0.1) is 11.3 Å². The Labute approximate surface area is 187 Å². The Hall–Kier alpha value is -2.93. The Morgan fingerprint density at radius 2 is 1.97 bits per heavy atom. The van der Waals surface area contributed by atoms with Crippen LogP contribution in [-0.4, -0.2) is 52.0 Å². The number of nitriles is 1. The van der Waals surface area contributed by atoms with Crippen LogP contribution in [0.15, 0.2) is 41.3 Å². The van der Waals surface area contributed by atoms with E-state index in [1.54, 1.807) is 18.2 Å². The number of hydrogen-bond donors (Lipinski definition) is 2. The second kappa shape index (κ2) is 7.89. The molecule has 0 unspecified atom stereocenters. The van der Waals surface area contributed by atoms with Gasteiger partial charge in [-0.1, -0.05) is 0 Å². The maximum Gasteiger partial charge on any atom is 0.240 e. The normalized spacial score (nSPS) is 20.8. The van der Waals surface area contributed by atoms with Crippen LogP contribution in [0.2, 0.25) is 0 Å². The first-order chi connectivity index (χ1) is 15.4. The smallest absolute Gasteiger partial charge is 0.240 e. The van der Waals surface area contributed by atoms with Gasteiger partial charge in [-0.25, -0.2) is 13.1 Å². The van der Waals surface area contributed by atoms with Crippen LogP contribution >= 0.6 is 0 Å². The minimum absolute atomic E-state index is 0.0250. The number of nitrogens with one attached hydrogen (secondary N) is 2. The number of carbonyl (C=O) groups excluding carboxylic acids is 1. The van der Waals surface area contributed by atoms with Gasteiger partial charge in [0.15, 0.2) is 0 Å². The molecule has 0 bridgehead atoms. The third kappa shape index (κ3) is 3.54. The predicted octanol–water partition coefficient (Wildman–Crippen LogP) is 1.76. The topological polar surface area (TPSA) is 112 Å². The fourth-order valence-corrected chi connectivity index (χ4v) is 6.21. The number of anilines is 1. The quantitative estimate of drug-likeness (QED) is 0.731. The van der Waals surface area contributed by atoms with E-state index < -0.39 is 15.4 Å². The van der Waals surface area contributed by atoms with Gasteiger partial charge in [0.1, 0.15) is 12.4 Å². The highest BCUT2D eigenvalue weighted by molar-refractivity contribution is 7.89. The second-order valence-corrected chi connectivity index (χ2v) is 10.3. The fourth-order valence-electron chi connectivity index (χ4n) is 4.93. The van der Waals surface area contributed by atoms with E-state index in [9.17, 15) is 18.5 Å². The fraction of sp³-hybridized carbons (Fsp3) is 0.391. The van der Waals surface area contributed by atoms with Crippen molar-refractivity contribution < 1.29 is 17.9 Å². The lowest BCUT2D eigenvalue weighted by molar-refractivity contribution is -0.122. The molecule has 2 aromatic rings. The summed E-state index contributed by atoms with van der Waals surface area (Å²) in [5.74, 6) is 0.694. The van der Waals surface area contributed by atoms with E-state index in [0.29, 0.717) is 48.6 Å². The highest BCUT2D eigenvalue weighted by atomic mass is 32.2. The summed E-state index contributed by atoms with van der Waals surface area (Å²) in [5.41, 5.74) is 2.55. The molecule has 0 aliphatic carbocycles. The van der Waals surface area contributed by atoms with Crippen molar-refractivity contribution in [3.8, 4) is 11.8 Å². The van der Waals surface area contributed by atoms with Crippen molar-refractivity contribution in [3.05, 3.63) is 53.1 Å². The number of likely N-dealkylation sites (tertiary alicyclic amines) is 1. The van der Waals surface area contributed by atoms with E-state index in [1.807, 2.05) is 18.2 Å². The van der Waals surface area contributed by atoms with Gasteiger partial charge < -0.3 is 10.1 Å². The SMILES string of the molecule is N#Cc1ccc2c(c1)C1(CCN(CCOc3ccc4c(c3)CCNS4(=O)=O)CC1)C(=O)N2. The van der Waals surface area contributed by atoms with Crippen molar-refractivity contribution in [1.82, 2.24) is 9.62 Å². The molecule has 8 nitrogen and oxygen atoms in total. The summed E-state index contributed by atoms with van der Waals surface area (Å²) in [7, 11) is -3.40. The molecular weight excluding hydrogens is 428 g/mol. The predicted molar refractivity (Wildman–Crippen MR) is 118 cm³/mol. The molecule has 3 aliphatic heterocycles. The molecule has 5 rings (SSSR count). The highest BCUT2D eigenvalue weighted by Crippen LogP contribution is 2.45. The highest BCUT2D eigenvalue weighted by Gasteiger charge is 2.48. The molecule has 0 aromatic heterocycles. The number of ether oxygens (including phenoxy) is 1. The van der Waals surface area contributed by atoms with Gasteiger partial charge in [0.25, 0.3) is 0 Å². The van der Waals surface area contributed by atoms with Gasteiger partial charge in [-0.15, -0.1) is 0 Å². The molecule has 0 atom stereocenters. The molecular formula is C23H24N4O4S. The molecule has 0 radical (unpaired) electrons. The van der Waals surface area contributed by atoms with Crippen molar-refractivity contribution in [3.63, 3.8) is 0 Å². The summed E-state index contributed by atoms with van der Waals surface area (Å²) in [4.78, 5) is 15.4. The minimum atomic E-state index is -3.40.